The second kappa shape index (κ2) is 11.0. The van der Waals surface area contributed by atoms with Gasteiger partial charge in [-0.1, -0.05) is 24.3 Å². The smallest absolute Gasteiger partial charge is 0.248 e. The van der Waals surface area contributed by atoms with Crippen molar-refractivity contribution in [3.63, 3.8) is 0 Å². The Morgan fingerprint density at radius 1 is 0.926 bits per heavy atom. The normalized spacial score (nSPS) is 9.81. The molecule has 2 rings (SSSR count). The molecule has 9 heteroatoms. The van der Waals surface area contributed by atoms with Crippen LogP contribution in [0, 0.1) is 0 Å². The van der Waals surface area contributed by atoms with Crippen LogP contribution < -0.4 is 26.2 Å². The zero-order valence-electron chi connectivity index (χ0n) is 14.7. The van der Waals surface area contributed by atoms with Crippen LogP contribution >= 0.6 is 24.0 Å². The molecule has 2 aromatic carbocycles. The number of ether oxygens (including phenoxy) is 1. The summed E-state index contributed by atoms with van der Waals surface area (Å²) < 4.78 is 5.13. The monoisotopic (exact) mass is 404 g/mol. The first-order chi connectivity index (χ1) is 13.1. The molecule has 0 aliphatic rings. The van der Waals surface area contributed by atoms with E-state index in [0.717, 1.165) is 11.4 Å². The summed E-state index contributed by atoms with van der Waals surface area (Å²) in [6, 6.07) is 16.4. The van der Waals surface area contributed by atoms with Crippen molar-refractivity contribution in [3.05, 3.63) is 54.6 Å². The summed E-state index contributed by atoms with van der Waals surface area (Å²) in [5.74, 6) is 0.535. The molecule has 7 nitrogen and oxygen atoms in total. The Morgan fingerprint density at radius 2 is 1.63 bits per heavy atom. The Labute approximate surface area is 167 Å². The van der Waals surface area contributed by atoms with Crippen molar-refractivity contribution in [1.82, 2.24) is 10.9 Å². The van der Waals surface area contributed by atoms with Crippen LogP contribution in [0.3, 0.4) is 0 Å². The summed E-state index contributed by atoms with van der Waals surface area (Å²) in [7, 11) is 1.58. The van der Waals surface area contributed by atoms with E-state index in [9.17, 15) is 9.59 Å². The first-order valence-corrected chi connectivity index (χ1v) is 9.55. The maximum atomic E-state index is 11.8. The van der Waals surface area contributed by atoms with E-state index >= 15 is 0 Å². The molecule has 0 aliphatic heterocycles. The van der Waals surface area contributed by atoms with E-state index in [0.29, 0.717) is 5.75 Å². The Kier molecular flexibility index (Phi) is 8.40. The lowest BCUT2D eigenvalue weighted by Crippen LogP contribution is -2.44. The number of carbonyl (C=O) groups is 2. The molecule has 2 aromatic rings. The van der Waals surface area contributed by atoms with Gasteiger partial charge in [-0.3, -0.25) is 20.4 Å². The van der Waals surface area contributed by atoms with Gasteiger partial charge in [-0.2, -0.15) is 0 Å². The van der Waals surface area contributed by atoms with E-state index in [1.165, 1.54) is 11.8 Å². The van der Waals surface area contributed by atoms with Gasteiger partial charge in [0, 0.05) is 17.4 Å². The van der Waals surface area contributed by atoms with Gasteiger partial charge in [0.15, 0.2) is 5.11 Å². The molecule has 0 saturated heterocycles. The summed E-state index contributed by atoms with van der Waals surface area (Å²) in [6.45, 7) is 0. The molecule has 0 atom stereocenters. The van der Waals surface area contributed by atoms with Crippen LogP contribution in [0.1, 0.15) is 0 Å². The number of thiocarbonyl (C=S) groups is 1. The van der Waals surface area contributed by atoms with Crippen LogP contribution in [0.5, 0.6) is 5.75 Å². The zero-order chi connectivity index (χ0) is 19.5. The van der Waals surface area contributed by atoms with E-state index in [1.54, 1.807) is 25.3 Å². The molecule has 0 saturated carbocycles. The fourth-order valence-corrected chi connectivity index (χ4v) is 2.77. The van der Waals surface area contributed by atoms with Gasteiger partial charge in [0.1, 0.15) is 5.75 Å². The molecule has 0 radical (unpaired) electrons. The number of benzene rings is 2. The SMILES string of the molecule is COc1cccc(NC(=S)NNC(=O)CSCC(=O)Nc2ccccc2)c1. The molecule has 0 bridgehead atoms. The third-order valence-corrected chi connectivity index (χ3v) is 4.30. The minimum atomic E-state index is -0.290. The van der Waals surface area contributed by atoms with Gasteiger partial charge in [0.2, 0.25) is 11.8 Å². The molecule has 0 aromatic heterocycles. The second-order valence-electron chi connectivity index (χ2n) is 5.27. The standard InChI is InChI=1S/C18H20N4O3S2/c1-25-15-9-5-8-14(10-15)20-18(26)22-21-17(24)12-27-11-16(23)19-13-6-3-2-4-7-13/h2-10H,11-12H2,1H3,(H,19,23)(H,21,24)(H2,20,22,26). The van der Waals surface area contributed by atoms with Crippen molar-refractivity contribution in [2.24, 2.45) is 0 Å². The highest BCUT2D eigenvalue weighted by molar-refractivity contribution is 8.00. The van der Waals surface area contributed by atoms with Gasteiger partial charge in [-0.05, 0) is 36.5 Å². The maximum Gasteiger partial charge on any atom is 0.248 e. The number of rotatable bonds is 7. The number of amides is 2. The lowest BCUT2D eigenvalue weighted by Gasteiger charge is -2.12. The number of carbonyl (C=O) groups excluding carboxylic acids is 2. The van der Waals surface area contributed by atoms with E-state index in [1.807, 2.05) is 36.4 Å². The predicted molar refractivity (Wildman–Crippen MR) is 113 cm³/mol. The van der Waals surface area contributed by atoms with Crippen molar-refractivity contribution in [3.8, 4) is 5.75 Å². The minimum absolute atomic E-state index is 0.122. The van der Waals surface area contributed by atoms with Gasteiger partial charge in [-0.25, -0.2) is 0 Å². The number of methoxy groups -OCH3 is 1. The largest absolute Gasteiger partial charge is 0.497 e. The summed E-state index contributed by atoms with van der Waals surface area (Å²) in [5.41, 5.74) is 6.55. The van der Waals surface area contributed by atoms with Gasteiger partial charge in [-0.15, -0.1) is 11.8 Å². The number of anilines is 2. The van der Waals surface area contributed by atoms with Crippen LogP contribution in [0.4, 0.5) is 11.4 Å². The third kappa shape index (κ3) is 7.97. The Balaban J connectivity index is 1.62. The van der Waals surface area contributed by atoms with Crippen LogP contribution in [-0.2, 0) is 9.59 Å². The topological polar surface area (TPSA) is 91.5 Å². The number of para-hydroxylation sites is 1. The van der Waals surface area contributed by atoms with E-state index < -0.39 is 0 Å². The summed E-state index contributed by atoms with van der Waals surface area (Å²) >= 11 is 6.32. The molecule has 0 fully saturated rings. The van der Waals surface area contributed by atoms with Crippen molar-refractivity contribution in [2.75, 3.05) is 29.2 Å². The fraction of sp³-hybridized carbons (Fsp3) is 0.167. The van der Waals surface area contributed by atoms with Crippen LogP contribution in [0.15, 0.2) is 54.6 Å². The van der Waals surface area contributed by atoms with Crippen molar-refractivity contribution < 1.29 is 14.3 Å². The molecule has 2 amide bonds. The van der Waals surface area contributed by atoms with Crippen LogP contribution in [-0.4, -0.2) is 35.5 Å². The quantitative estimate of drug-likeness (QED) is 0.416. The fourth-order valence-electron chi connectivity index (χ4n) is 1.98. The molecule has 0 spiro atoms. The highest BCUT2D eigenvalue weighted by atomic mass is 32.2. The number of hydrogen-bond acceptors (Lipinski definition) is 5. The maximum absolute atomic E-state index is 11.8. The highest BCUT2D eigenvalue weighted by Crippen LogP contribution is 2.16. The predicted octanol–water partition coefficient (Wildman–Crippen LogP) is 2.38. The molecule has 0 aliphatic carbocycles. The average Bonchev–Trinajstić information content (AvgIpc) is 2.67. The van der Waals surface area contributed by atoms with E-state index in [2.05, 4.69) is 21.5 Å². The highest BCUT2D eigenvalue weighted by Gasteiger charge is 2.07. The molecule has 0 heterocycles. The first kappa shape index (κ1) is 20.5. The second-order valence-corrected chi connectivity index (χ2v) is 6.66. The van der Waals surface area contributed by atoms with Crippen molar-refractivity contribution in [2.45, 2.75) is 0 Å². The number of hydrazine groups is 1. The van der Waals surface area contributed by atoms with Gasteiger partial charge >= 0.3 is 0 Å². The number of hydrogen-bond donors (Lipinski definition) is 4. The zero-order valence-corrected chi connectivity index (χ0v) is 16.3. The average molecular weight is 405 g/mol. The molecule has 0 unspecified atom stereocenters. The molecular formula is C18H20N4O3S2. The summed E-state index contributed by atoms with van der Waals surface area (Å²) in [5, 5.41) is 5.92. The Hall–Kier alpha value is -2.78. The molecule has 27 heavy (non-hydrogen) atoms. The molecule has 142 valence electrons. The van der Waals surface area contributed by atoms with Crippen molar-refractivity contribution in [1.29, 1.82) is 0 Å². The Bertz CT molecular complexity index is 787. The van der Waals surface area contributed by atoms with E-state index in [4.69, 9.17) is 17.0 Å². The summed E-state index contributed by atoms with van der Waals surface area (Å²) in [4.78, 5) is 23.6. The van der Waals surface area contributed by atoms with Crippen LogP contribution in [0.25, 0.3) is 0 Å². The molecule has 4 N–H and O–H groups in total. The third-order valence-electron chi connectivity index (χ3n) is 3.17. The number of nitrogens with one attached hydrogen (secondary N) is 4. The van der Waals surface area contributed by atoms with Gasteiger partial charge < -0.3 is 15.4 Å². The molecular weight excluding hydrogens is 384 g/mol. The van der Waals surface area contributed by atoms with Gasteiger partial charge in [0.25, 0.3) is 0 Å². The summed E-state index contributed by atoms with van der Waals surface area (Å²) in [6.07, 6.45) is 0. The lowest BCUT2D eigenvalue weighted by molar-refractivity contribution is -0.119. The number of thioether (sulfide) groups is 1. The first-order valence-electron chi connectivity index (χ1n) is 7.99. The minimum Gasteiger partial charge on any atom is -0.497 e. The Morgan fingerprint density at radius 3 is 2.37 bits per heavy atom. The lowest BCUT2D eigenvalue weighted by atomic mass is 10.3. The van der Waals surface area contributed by atoms with Gasteiger partial charge in [0.05, 0.1) is 18.6 Å². The van der Waals surface area contributed by atoms with Crippen molar-refractivity contribution >= 4 is 52.3 Å². The van der Waals surface area contributed by atoms with Crippen LogP contribution in [0.2, 0.25) is 0 Å². The van der Waals surface area contributed by atoms with E-state index in [-0.39, 0.29) is 28.4 Å².